The fourth-order valence-corrected chi connectivity index (χ4v) is 1.99. The van der Waals surface area contributed by atoms with Crippen LogP contribution < -0.4 is 5.32 Å². The number of nitrogens with one attached hydrogen (secondary N) is 2. The van der Waals surface area contributed by atoms with Crippen LogP contribution in [0.15, 0.2) is 6.20 Å². The molecule has 0 radical (unpaired) electrons. The third kappa shape index (κ3) is 1.98. The topological polar surface area (TPSA) is 40.7 Å². The number of aromatic nitrogens is 2. The first-order valence-electron chi connectivity index (χ1n) is 5.53. The van der Waals surface area contributed by atoms with E-state index in [1.54, 1.807) is 0 Å². The summed E-state index contributed by atoms with van der Waals surface area (Å²) in [5.74, 6) is 2.32. The highest BCUT2D eigenvalue weighted by atomic mass is 14.9. The predicted octanol–water partition coefficient (Wildman–Crippen LogP) is 2.00. The van der Waals surface area contributed by atoms with Crippen molar-refractivity contribution in [2.45, 2.75) is 38.5 Å². The van der Waals surface area contributed by atoms with E-state index in [1.807, 2.05) is 6.20 Å². The first-order valence-corrected chi connectivity index (χ1v) is 5.53. The number of rotatable bonds is 2. The molecular formula is C11H19N3. The number of piperidine rings is 1. The summed E-state index contributed by atoms with van der Waals surface area (Å²) in [6, 6.07) is 0. The molecule has 2 rings (SSSR count). The molecule has 0 spiro atoms. The van der Waals surface area contributed by atoms with Gasteiger partial charge in [0.1, 0.15) is 5.82 Å². The maximum atomic E-state index is 4.41. The van der Waals surface area contributed by atoms with Crippen LogP contribution in [0.3, 0.4) is 0 Å². The van der Waals surface area contributed by atoms with Crippen LogP contribution in [0.5, 0.6) is 0 Å². The van der Waals surface area contributed by atoms with Gasteiger partial charge < -0.3 is 10.3 Å². The Labute approximate surface area is 85.3 Å². The van der Waals surface area contributed by atoms with Crippen LogP contribution in [0, 0.1) is 0 Å². The molecule has 1 aliphatic rings. The van der Waals surface area contributed by atoms with Crippen molar-refractivity contribution < 1.29 is 0 Å². The van der Waals surface area contributed by atoms with Crippen LogP contribution in [0.1, 0.15) is 50.0 Å². The van der Waals surface area contributed by atoms with Gasteiger partial charge in [-0.1, -0.05) is 13.8 Å². The Bertz CT molecular complexity index is 284. The van der Waals surface area contributed by atoms with Gasteiger partial charge in [-0.25, -0.2) is 4.98 Å². The molecule has 0 amide bonds. The maximum absolute atomic E-state index is 4.41. The molecule has 1 aromatic rings. The standard InChI is InChI=1S/C11H19N3/c1-8(2)11-13-7-10(14-11)9-3-5-12-6-4-9/h7-9,12H,3-6H2,1-2H3,(H,13,14). The first kappa shape index (κ1) is 9.71. The third-order valence-electron chi connectivity index (χ3n) is 2.94. The number of hydrogen-bond donors (Lipinski definition) is 2. The minimum atomic E-state index is 0.505. The lowest BCUT2D eigenvalue weighted by molar-refractivity contribution is 0.454. The molecule has 2 heterocycles. The monoisotopic (exact) mass is 193 g/mol. The fraction of sp³-hybridized carbons (Fsp3) is 0.727. The van der Waals surface area contributed by atoms with E-state index in [4.69, 9.17) is 0 Å². The predicted molar refractivity (Wildman–Crippen MR) is 57.5 cm³/mol. The highest BCUT2D eigenvalue weighted by Gasteiger charge is 2.17. The lowest BCUT2D eigenvalue weighted by atomic mass is 9.95. The molecule has 0 bridgehead atoms. The average Bonchev–Trinajstić information content (AvgIpc) is 2.68. The summed E-state index contributed by atoms with van der Waals surface area (Å²) in [4.78, 5) is 7.86. The van der Waals surface area contributed by atoms with Gasteiger partial charge in [0.05, 0.1) is 0 Å². The van der Waals surface area contributed by atoms with E-state index in [1.165, 1.54) is 18.5 Å². The summed E-state index contributed by atoms with van der Waals surface area (Å²) in [7, 11) is 0. The molecule has 3 nitrogen and oxygen atoms in total. The summed E-state index contributed by atoms with van der Waals surface area (Å²) in [6.45, 7) is 6.62. The Morgan fingerprint density at radius 2 is 2.07 bits per heavy atom. The number of nitrogens with zero attached hydrogens (tertiary/aromatic N) is 1. The zero-order valence-electron chi connectivity index (χ0n) is 9.01. The number of imidazole rings is 1. The zero-order valence-corrected chi connectivity index (χ0v) is 9.01. The van der Waals surface area contributed by atoms with Crippen molar-refractivity contribution in [1.29, 1.82) is 0 Å². The lowest BCUT2D eigenvalue weighted by Crippen LogP contribution is -2.26. The van der Waals surface area contributed by atoms with Gasteiger partial charge in [0.15, 0.2) is 0 Å². The Morgan fingerprint density at radius 1 is 1.36 bits per heavy atom. The van der Waals surface area contributed by atoms with E-state index in [9.17, 15) is 0 Å². The molecule has 78 valence electrons. The van der Waals surface area contributed by atoms with Crippen molar-refractivity contribution in [3.8, 4) is 0 Å². The Balaban J connectivity index is 2.07. The summed E-state index contributed by atoms with van der Waals surface area (Å²) in [5, 5.41) is 3.38. The van der Waals surface area contributed by atoms with Crippen molar-refractivity contribution in [2.75, 3.05) is 13.1 Å². The second kappa shape index (κ2) is 4.13. The largest absolute Gasteiger partial charge is 0.345 e. The molecule has 1 aliphatic heterocycles. The van der Waals surface area contributed by atoms with Crippen LogP contribution in [-0.2, 0) is 0 Å². The second-order valence-corrected chi connectivity index (χ2v) is 4.40. The fourth-order valence-electron chi connectivity index (χ4n) is 1.99. The van der Waals surface area contributed by atoms with Crippen LogP contribution in [0.4, 0.5) is 0 Å². The van der Waals surface area contributed by atoms with Crippen LogP contribution in [-0.4, -0.2) is 23.1 Å². The van der Waals surface area contributed by atoms with E-state index in [2.05, 4.69) is 29.1 Å². The van der Waals surface area contributed by atoms with Crippen LogP contribution >= 0.6 is 0 Å². The van der Waals surface area contributed by atoms with Gasteiger partial charge in [-0.15, -0.1) is 0 Å². The summed E-state index contributed by atoms with van der Waals surface area (Å²) in [6.07, 6.45) is 4.49. The van der Waals surface area contributed by atoms with E-state index in [0.717, 1.165) is 18.9 Å². The van der Waals surface area contributed by atoms with Crippen molar-refractivity contribution >= 4 is 0 Å². The molecule has 14 heavy (non-hydrogen) atoms. The highest BCUT2D eigenvalue weighted by molar-refractivity contribution is 5.10. The molecule has 0 aromatic carbocycles. The van der Waals surface area contributed by atoms with Gasteiger partial charge in [0.25, 0.3) is 0 Å². The molecule has 1 fully saturated rings. The van der Waals surface area contributed by atoms with E-state index >= 15 is 0 Å². The van der Waals surface area contributed by atoms with Crippen molar-refractivity contribution in [2.24, 2.45) is 0 Å². The normalized spacial score (nSPS) is 19.1. The van der Waals surface area contributed by atoms with E-state index in [-0.39, 0.29) is 0 Å². The minimum Gasteiger partial charge on any atom is -0.345 e. The molecule has 0 aliphatic carbocycles. The quantitative estimate of drug-likeness (QED) is 0.754. The molecule has 0 atom stereocenters. The van der Waals surface area contributed by atoms with Gasteiger partial charge >= 0.3 is 0 Å². The first-order chi connectivity index (χ1) is 6.77. The molecule has 0 saturated carbocycles. The van der Waals surface area contributed by atoms with Gasteiger partial charge in [0, 0.05) is 23.7 Å². The van der Waals surface area contributed by atoms with Crippen LogP contribution in [0.2, 0.25) is 0 Å². The van der Waals surface area contributed by atoms with Gasteiger partial charge in [-0.2, -0.15) is 0 Å². The number of hydrogen-bond acceptors (Lipinski definition) is 2. The number of aromatic amines is 1. The Kier molecular flexibility index (Phi) is 2.87. The van der Waals surface area contributed by atoms with Gasteiger partial charge in [0.2, 0.25) is 0 Å². The molecule has 1 aromatic heterocycles. The molecule has 2 N–H and O–H groups in total. The van der Waals surface area contributed by atoms with Crippen molar-refractivity contribution in [3.63, 3.8) is 0 Å². The average molecular weight is 193 g/mol. The van der Waals surface area contributed by atoms with Crippen molar-refractivity contribution in [1.82, 2.24) is 15.3 Å². The number of H-pyrrole nitrogens is 1. The summed E-state index contributed by atoms with van der Waals surface area (Å²) in [5.41, 5.74) is 1.33. The minimum absolute atomic E-state index is 0.505. The van der Waals surface area contributed by atoms with Crippen LogP contribution in [0.25, 0.3) is 0 Å². The SMILES string of the molecule is CC(C)c1ncc(C2CCNCC2)[nH]1. The summed E-state index contributed by atoms with van der Waals surface area (Å²) < 4.78 is 0. The van der Waals surface area contributed by atoms with Crippen molar-refractivity contribution in [3.05, 3.63) is 17.7 Å². The smallest absolute Gasteiger partial charge is 0.108 e. The molecular weight excluding hydrogens is 174 g/mol. The lowest BCUT2D eigenvalue weighted by Gasteiger charge is -2.21. The van der Waals surface area contributed by atoms with E-state index < -0.39 is 0 Å². The molecule has 3 heteroatoms. The Hall–Kier alpha value is -0.830. The van der Waals surface area contributed by atoms with E-state index in [0.29, 0.717) is 11.8 Å². The highest BCUT2D eigenvalue weighted by Crippen LogP contribution is 2.24. The summed E-state index contributed by atoms with van der Waals surface area (Å²) >= 11 is 0. The Morgan fingerprint density at radius 3 is 2.64 bits per heavy atom. The zero-order chi connectivity index (χ0) is 9.97. The molecule has 0 unspecified atom stereocenters. The maximum Gasteiger partial charge on any atom is 0.108 e. The van der Waals surface area contributed by atoms with Gasteiger partial charge in [-0.3, -0.25) is 0 Å². The third-order valence-corrected chi connectivity index (χ3v) is 2.94. The van der Waals surface area contributed by atoms with Gasteiger partial charge in [-0.05, 0) is 25.9 Å². The molecule has 1 saturated heterocycles. The second-order valence-electron chi connectivity index (χ2n) is 4.40.